The van der Waals surface area contributed by atoms with Gasteiger partial charge in [0.2, 0.25) is 0 Å². The third-order valence-electron chi connectivity index (χ3n) is 5.72. The molecule has 28 heavy (non-hydrogen) atoms. The number of rotatable bonds is 5. The number of quaternary nitrogens is 1. The average molecular weight is 384 g/mol. The van der Waals surface area contributed by atoms with Gasteiger partial charge in [0.25, 0.3) is 5.91 Å². The van der Waals surface area contributed by atoms with Gasteiger partial charge in [-0.05, 0) is 23.3 Å². The Balaban J connectivity index is 1.54. The third kappa shape index (κ3) is 3.37. The van der Waals surface area contributed by atoms with E-state index in [0.29, 0.717) is 19.8 Å². The second kappa shape index (κ2) is 7.50. The van der Waals surface area contributed by atoms with E-state index in [4.69, 9.17) is 4.74 Å². The Morgan fingerprint density at radius 1 is 1.18 bits per heavy atom. The third-order valence-corrected chi connectivity index (χ3v) is 5.72. The van der Waals surface area contributed by atoms with Gasteiger partial charge >= 0.3 is 6.03 Å². The highest BCUT2D eigenvalue weighted by atomic mass is 16.5. The number of ether oxygens (including phenoxy) is 1. The number of carbonyl (C=O) groups excluding carboxylic acids is 2. The van der Waals surface area contributed by atoms with Crippen LogP contribution in [0, 0.1) is 0 Å². The second-order valence-electron chi connectivity index (χ2n) is 7.72. The molecule has 2 aromatic carbocycles. The monoisotopic (exact) mass is 384 g/mol. The van der Waals surface area contributed by atoms with Crippen molar-refractivity contribution in [1.29, 1.82) is 0 Å². The number of imide groups is 1. The van der Waals surface area contributed by atoms with Crippen molar-refractivity contribution in [2.24, 2.45) is 0 Å². The van der Waals surface area contributed by atoms with E-state index in [1.807, 2.05) is 42.5 Å². The van der Waals surface area contributed by atoms with Crippen molar-refractivity contribution in [1.82, 2.24) is 10.2 Å². The Bertz CT molecular complexity index is 891. The summed E-state index contributed by atoms with van der Waals surface area (Å²) >= 11 is 0. The summed E-state index contributed by atoms with van der Waals surface area (Å²) in [5.74, 6) is -0.329. The molecule has 2 aromatic rings. The van der Waals surface area contributed by atoms with Gasteiger partial charge in [-0.15, -0.1) is 0 Å². The SMILES string of the molecule is C[C@@]1(c2cccc3ccccc23)NC(=O)N(C[C@@H](O)C[NH+]2CCOCC2)C1=O. The van der Waals surface area contributed by atoms with Crippen LogP contribution in [0.2, 0.25) is 0 Å². The van der Waals surface area contributed by atoms with Crippen LogP contribution in [0.3, 0.4) is 0 Å². The van der Waals surface area contributed by atoms with E-state index in [1.54, 1.807) is 6.92 Å². The van der Waals surface area contributed by atoms with E-state index in [-0.39, 0.29) is 12.5 Å². The van der Waals surface area contributed by atoms with Gasteiger partial charge in [-0.25, -0.2) is 4.79 Å². The second-order valence-corrected chi connectivity index (χ2v) is 7.72. The molecule has 148 valence electrons. The molecule has 4 rings (SSSR count). The largest absolute Gasteiger partial charge is 0.385 e. The van der Waals surface area contributed by atoms with Crippen LogP contribution < -0.4 is 10.2 Å². The predicted molar refractivity (Wildman–Crippen MR) is 104 cm³/mol. The van der Waals surface area contributed by atoms with Crippen LogP contribution in [0.25, 0.3) is 10.8 Å². The lowest BCUT2D eigenvalue weighted by Gasteiger charge is -2.27. The van der Waals surface area contributed by atoms with Gasteiger partial charge in [-0.2, -0.15) is 0 Å². The van der Waals surface area contributed by atoms with Gasteiger partial charge in [0.15, 0.2) is 0 Å². The van der Waals surface area contributed by atoms with Gasteiger partial charge in [0, 0.05) is 0 Å². The van der Waals surface area contributed by atoms with Crippen LogP contribution in [0.15, 0.2) is 42.5 Å². The summed E-state index contributed by atoms with van der Waals surface area (Å²) in [5, 5.41) is 15.3. The van der Waals surface area contributed by atoms with Gasteiger partial charge < -0.3 is 20.1 Å². The zero-order valence-electron chi connectivity index (χ0n) is 16.0. The lowest BCUT2D eigenvalue weighted by molar-refractivity contribution is -0.910. The number of aliphatic hydroxyl groups excluding tert-OH is 1. The Hall–Kier alpha value is -2.48. The van der Waals surface area contributed by atoms with Gasteiger partial charge in [-0.3, -0.25) is 9.69 Å². The highest BCUT2D eigenvalue weighted by Gasteiger charge is 2.50. The first-order chi connectivity index (χ1) is 13.5. The molecule has 0 aliphatic carbocycles. The Kier molecular flexibility index (Phi) is 5.05. The number of fused-ring (bicyclic) bond motifs is 1. The van der Waals surface area contributed by atoms with Crippen molar-refractivity contribution < 1.29 is 24.3 Å². The summed E-state index contributed by atoms with van der Waals surface area (Å²) in [6, 6.07) is 13.1. The van der Waals surface area contributed by atoms with Crippen LogP contribution >= 0.6 is 0 Å². The molecular formula is C21H26N3O4+. The summed E-state index contributed by atoms with van der Waals surface area (Å²) in [7, 11) is 0. The average Bonchev–Trinajstić information content (AvgIpc) is 2.92. The highest BCUT2D eigenvalue weighted by Crippen LogP contribution is 2.33. The molecule has 2 aliphatic rings. The summed E-state index contributed by atoms with van der Waals surface area (Å²) in [5.41, 5.74) is -0.386. The standard InChI is InChI=1S/C21H25N3O4/c1-21(18-8-4-6-15-5-2-3-7-17(15)18)19(26)24(20(27)22-21)14-16(25)13-23-9-11-28-12-10-23/h2-8,16,25H,9-14H2,1H3,(H,22,27)/p+1/t16-,21-/m0/s1. The molecule has 7 heteroatoms. The maximum atomic E-state index is 13.2. The molecule has 2 heterocycles. The highest BCUT2D eigenvalue weighted by molar-refractivity contribution is 6.09. The van der Waals surface area contributed by atoms with E-state index < -0.39 is 17.7 Å². The van der Waals surface area contributed by atoms with Gasteiger partial charge in [-0.1, -0.05) is 42.5 Å². The molecule has 0 aromatic heterocycles. The van der Waals surface area contributed by atoms with Crippen molar-refractivity contribution in [3.8, 4) is 0 Å². The number of amides is 3. The zero-order chi connectivity index (χ0) is 19.7. The number of nitrogens with one attached hydrogen (secondary N) is 2. The van der Waals surface area contributed by atoms with E-state index in [0.717, 1.165) is 34.3 Å². The molecule has 0 bridgehead atoms. The Morgan fingerprint density at radius 3 is 2.68 bits per heavy atom. The fraction of sp³-hybridized carbons (Fsp3) is 0.429. The smallest absolute Gasteiger partial charge is 0.325 e. The predicted octanol–water partition coefficient (Wildman–Crippen LogP) is -0.117. The molecule has 2 aliphatic heterocycles. The van der Waals surface area contributed by atoms with Crippen LogP contribution in [0.1, 0.15) is 12.5 Å². The van der Waals surface area contributed by atoms with E-state index in [2.05, 4.69) is 5.32 Å². The molecule has 0 unspecified atom stereocenters. The van der Waals surface area contributed by atoms with Gasteiger partial charge in [0.05, 0.1) is 19.8 Å². The van der Waals surface area contributed by atoms with Crippen LogP contribution in [-0.2, 0) is 15.1 Å². The minimum Gasteiger partial charge on any atom is -0.385 e. The molecule has 7 nitrogen and oxygen atoms in total. The minimum atomic E-state index is -1.15. The zero-order valence-corrected chi connectivity index (χ0v) is 16.0. The van der Waals surface area contributed by atoms with Gasteiger partial charge in [0.1, 0.15) is 31.3 Å². The van der Waals surface area contributed by atoms with Crippen molar-refractivity contribution in [3.63, 3.8) is 0 Å². The first-order valence-corrected chi connectivity index (χ1v) is 9.71. The fourth-order valence-electron chi connectivity index (χ4n) is 4.18. The molecule has 2 fully saturated rings. The number of aliphatic hydroxyl groups is 1. The quantitative estimate of drug-likeness (QED) is 0.628. The normalized spacial score (nSPS) is 24.6. The summed E-state index contributed by atoms with van der Waals surface area (Å²) < 4.78 is 5.33. The van der Waals surface area contributed by atoms with E-state index in [9.17, 15) is 14.7 Å². The summed E-state index contributed by atoms with van der Waals surface area (Å²) in [6.07, 6.45) is -0.766. The molecular weight excluding hydrogens is 358 g/mol. The number of carbonyl (C=O) groups is 2. The molecule has 2 saturated heterocycles. The van der Waals surface area contributed by atoms with Crippen LogP contribution in [-0.4, -0.2) is 67.4 Å². The number of hydrogen-bond acceptors (Lipinski definition) is 4. The Morgan fingerprint density at radius 2 is 1.89 bits per heavy atom. The van der Waals surface area contributed by atoms with E-state index in [1.165, 1.54) is 4.90 Å². The summed E-state index contributed by atoms with van der Waals surface area (Å²) in [6.45, 7) is 5.21. The van der Waals surface area contributed by atoms with Crippen LogP contribution in [0.4, 0.5) is 4.79 Å². The molecule has 0 spiro atoms. The molecule has 3 amide bonds. The number of β-amino-alcohol motifs (C(OH)–C–C–N with tert-alkyl or cyclic N) is 1. The molecule has 3 N–H and O–H groups in total. The summed E-state index contributed by atoms with van der Waals surface area (Å²) in [4.78, 5) is 28.2. The Labute approximate surface area is 163 Å². The number of morpholine rings is 1. The fourth-order valence-corrected chi connectivity index (χ4v) is 4.18. The number of benzene rings is 2. The topological polar surface area (TPSA) is 83.3 Å². The van der Waals surface area contributed by atoms with Crippen molar-refractivity contribution in [2.45, 2.75) is 18.6 Å². The lowest BCUT2D eigenvalue weighted by Crippen LogP contribution is -3.15. The minimum absolute atomic E-state index is 0.00458. The molecule has 0 saturated carbocycles. The first-order valence-electron chi connectivity index (χ1n) is 9.71. The lowest BCUT2D eigenvalue weighted by atomic mass is 9.88. The van der Waals surface area contributed by atoms with Crippen molar-refractivity contribution in [2.75, 3.05) is 39.4 Å². The maximum Gasteiger partial charge on any atom is 0.325 e. The number of nitrogens with zero attached hydrogens (tertiary/aromatic N) is 1. The maximum absolute atomic E-state index is 13.2. The first kappa shape index (κ1) is 18.9. The molecule has 0 radical (unpaired) electrons. The van der Waals surface area contributed by atoms with Crippen molar-refractivity contribution in [3.05, 3.63) is 48.0 Å². The van der Waals surface area contributed by atoms with E-state index >= 15 is 0 Å². The number of hydrogen-bond donors (Lipinski definition) is 3. The number of urea groups is 1. The molecule has 2 atom stereocenters. The van der Waals surface area contributed by atoms with Crippen molar-refractivity contribution >= 4 is 22.7 Å². The van der Waals surface area contributed by atoms with Crippen LogP contribution in [0.5, 0.6) is 0 Å².